The van der Waals surface area contributed by atoms with Crippen LogP contribution in [-0.4, -0.2) is 12.2 Å². The highest BCUT2D eigenvalue weighted by Crippen LogP contribution is 2.26. The Morgan fingerprint density at radius 2 is 1.39 bits per heavy atom. The van der Waals surface area contributed by atoms with Crippen LogP contribution in [0.25, 0.3) is 0 Å². The Bertz CT molecular complexity index is 290. The van der Waals surface area contributed by atoms with Crippen molar-refractivity contribution in [2.24, 2.45) is 17.3 Å². The predicted octanol–water partition coefficient (Wildman–Crippen LogP) is 4.90. The number of rotatable bonds is 6. The topological polar surface area (TPSA) is 9.23 Å². The second kappa shape index (κ2) is 7.19. The highest BCUT2D eigenvalue weighted by molar-refractivity contribution is 5.18. The van der Waals surface area contributed by atoms with Crippen LogP contribution in [0, 0.1) is 29.1 Å². The summed E-state index contributed by atoms with van der Waals surface area (Å²) in [7, 11) is 0. The molecular weight excluding hydrogens is 220 g/mol. The molecule has 0 fully saturated rings. The maximum Gasteiger partial charge on any atom is 0.126 e. The van der Waals surface area contributed by atoms with Crippen molar-refractivity contribution in [1.29, 1.82) is 0 Å². The van der Waals surface area contributed by atoms with E-state index < -0.39 is 0 Å². The molecule has 0 amide bonds. The summed E-state index contributed by atoms with van der Waals surface area (Å²) in [6, 6.07) is 0. The molecule has 1 heteroatoms. The van der Waals surface area contributed by atoms with Crippen molar-refractivity contribution in [2.45, 2.75) is 73.8 Å². The van der Waals surface area contributed by atoms with E-state index in [2.05, 4.69) is 60.3 Å². The minimum absolute atomic E-state index is 0.0729. The van der Waals surface area contributed by atoms with E-state index in [-0.39, 0.29) is 11.0 Å². The molecule has 1 unspecified atom stereocenters. The molecule has 1 nitrogen and oxygen atoms in total. The van der Waals surface area contributed by atoms with E-state index in [1.54, 1.807) is 0 Å². The Labute approximate surface area is 115 Å². The third-order valence-corrected chi connectivity index (χ3v) is 2.84. The van der Waals surface area contributed by atoms with Gasteiger partial charge in [-0.25, -0.2) is 0 Å². The summed E-state index contributed by atoms with van der Waals surface area (Å²) in [5, 5.41) is 0. The van der Waals surface area contributed by atoms with E-state index in [1.165, 1.54) is 0 Å². The van der Waals surface area contributed by atoms with Crippen LogP contribution >= 0.6 is 0 Å². The van der Waals surface area contributed by atoms with Crippen molar-refractivity contribution < 1.29 is 4.74 Å². The lowest BCUT2D eigenvalue weighted by atomic mass is 9.83. The zero-order chi connectivity index (χ0) is 14.4. The third kappa shape index (κ3) is 7.77. The molecule has 18 heavy (non-hydrogen) atoms. The second-order valence-electron chi connectivity index (χ2n) is 6.99. The lowest BCUT2D eigenvalue weighted by Gasteiger charge is -2.27. The second-order valence-corrected chi connectivity index (χ2v) is 6.99. The maximum absolute atomic E-state index is 5.87. The Hall–Kier alpha value is -0.480. The lowest BCUT2D eigenvalue weighted by Crippen LogP contribution is -2.29. The fourth-order valence-corrected chi connectivity index (χ4v) is 2.62. The summed E-state index contributed by atoms with van der Waals surface area (Å²) < 4.78 is 5.87. The van der Waals surface area contributed by atoms with Crippen LogP contribution in [0.1, 0.15) is 68.2 Å². The minimum atomic E-state index is -0.294. The molecule has 0 spiro atoms. The Morgan fingerprint density at radius 1 is 0.889 bits per heavy atom. The van der Waals surface area contributed by atoms with E-state index in [0.29, 0.717) is 11.8 Å². The van der Waals surface area contributed by atoms with E-state index >= 15 is 0 Å². The number of hydrogen-bond acceptors (Lipinski definition) is 1. The van der Waals surface area contributed by atoms with Crippen LogP contribution in [0.3, 0.4) is 0 Å². The Kier molecular flexibility index (Phi) is 7.00. The van der Waals surface area contributed by atoms with Crippen molar-refractivity contribution in [2.75, 3.05) is 6.61 Å². The van der Waals surface area contributed by atoms with Crippen LogP contribution in [0.4, 0.5) is 0 Å². The van der Waals surface area contributed by atoms with Gasteiger partial charge in [0.2, 0.25) is 0 Å². The fourth-order valence-electron chi connectivity index (χ4n) is 2.62. The van der Waals surface area contributed by atoms with Gasteiger partial charge in [0.1, 0.15) is 5.60 Å². The van der Waals surface area contributed by atoms with Crippen molar-refractivity contribution in [1.82, 2.24) is 0 Å². The van der Waals surface area contributed by atoms with Gasteiger partial charge in [-0.2, -0.15) is 0 Å². The van der Waals surface area contributed by atoms with Crippen molar-refractivity contribution >= 4 is 0 Å². The van der Waals surface area contributed by atoms with Gasteiger partial charge < -0.3 is 4.74 Å². The highest BCUT2D eigenvalue weighted by atomic mass is 16.5. The molecule has 1 atom stereocenters. The summed E-state index contributed by atoms with van der Waals surface area (Å²) in [6.45, 7) is 18.3. The molecule has 0 N–H and O–H groups in total. The van der Waals surface area contributed by atoms with Crippen LogP contribution in [0.15, 0.2) is 0 Å². The molecular formula is C17H32O. The van der Waals surface area contributed by atoms with E-state index in [0.717, 1.165) is 19.4 Å². The van der Waals surface area contributed by atoms with Crippen molar-refractivity contribution in [3.63, 3.8) is 0 Å². The van der Waals surface area contributed by atoms with Gasteiger partial charge in [-0.3, -0.25) is 0 Å². The van der Waals surface area contributed by atoms with Crippen molar-refractivity contribution in [3.05, 3.63) is 0 Å². The van der Waals surface area contributed by atoms with Gasteiger partial charge in [-0.1, -0.05) is 39.5 Å². The predicted molar refractivity (Wildman–Crippen MR) is 80.5 cm³/mol. The lowest BCUT2D eigenvalue weighted by molar-refractivity contribution is 0.00632. The minimum Gasteiger partial charge on any atom is -0.363 e. The molecule has 0 aromatic rings. The van der Waals surface area contributed by atoms with Crippen molar-refractivity contribution in [3.8, 4) is 11.8 Å². The van der Waals surface area contributed by atoms with Gasteiger partial charge in [-0.15, -0.1) is 0 Å². The Balaban J connectivity index is 4.87. The summed E-state index contributed by atoms with van der Waals surface area (Å²) in [4.78, 5) is 0. The third-order valence-electron chi connectivity index (χ3n) is 2.84. The zero-order valence-corrected chi connectivity index (χ0v) is 13.7. The van der Waals surface area contributed by atoms with Crippen LogP contribution in [0.2, 0.25) is 0 Å². The molecule has 106 valence electrons. The first-order valence-electron chi connectivity index (χ1n) is 7.28. The molecule has 0 bridgehead atoms. The summed E-state index contributed by atoms with van der Waals surface area (Å²) in [5.74, 6) is 8.13. The molecule has 0 saturated carbocycles. The van der Waals surface area contributed by atoms with E-state index in [1.807, 2.05) is 6.92 Å². The van der Waals surface area contributed by atoms with Gasteiger partial charge >= 0.3 is 0 Å². The first-order chi connectivity index (χ1) is 8.10. The van der Waals surface area contributed by atoms with E-state index in [4.69, 9.17) is 4.74 Å². The fraction of sp³-hybridized carbons (Fsp3) is 0.882. The van der Waals surface area contributed by atoms with Crippen LogP contribution < -0.4 is 0 Å². The molecule has 0 saturated heterocycles. The average molecular weight is 252 g/mol. The SMILES string of the molecule is CCOC(C)(C#CC(C)(C)CC(C)C)CC(C)C. The van der Waals surface area contributed by atoms with E-state index in [9.17, 15) is 0 Å². The first kappa shape index (κ1) is 17.5. The number of hydrogen-bond donors (Lipinski definition) is 0. The molecule has 0 aliphatic rings. The standard InChI is InChI=1S/C17H32O/c1-9-18-17(8,13-15(4)5)11-10-16(6,7)12-14(2)3/h14-15H,9,12-13H2,1-8H3. The summed E-state index contributed by atoms with van der Waals surface area (Å²) in [5.41, 5.74) is -0.222. The van der Waals surface area contributed by atoms with Crippen LogP contribution in [0.5, 0.6) is 0 Å². The summed E-state index contributed by atoms with van der Waals surface area (Å²) >= 11 is 0. The zero-order valence-electron chi connectivity index (χ0n) is 13.7. The van der Waals surface area contributed by atoms with Gasteiger partial charge in [0.15, 0.2) is 0 Å². The summed E-state index contributed by atoms with van der Waals surface area (Å²) in [6.07, 6.45) is 2.12. The molecule has 0 aliphatic carbocycles. The first-order valence-corrected chi connectivity index (χ1v) is 7.28. The van der Waals surface area contributed by atoms with Gasteiger partial charge in [0.05, 0.1) is 0 Å². The van der Waals surface area contributed by atoms with Gasteiger partial charge in [-0.05, 0) is 52.4 Å². The highest BCUT2D eigenvalue weighted by Gasteiger charge is 2.24. The largest absolute Gasteiger partial charge is 0.363 e. The molecule has 0 aromatic heterocycles. The molecule has 0 heterocycles. The number of ether oxygens (including phenoxy) is 1. The monoisotopic (exact) mass is 252 g/mol. The molecule has 0 aliphatic heterocycles. The van der Waals surface area contributed by atoms with Gasteiger partial charge in [0.25, 0.3) is 0 Å². The molecule has 0 radical (unpaired) electrons. The van der Waals surface area contributed by atoms with Gasteiger partial charge in [0, 0.05) is 12.0 Å². The average Bonchev–Trinajstić information content (AvgIpc) is 2.12. The maximum atomic E-state index is 5.87. The normalized spacial score (nSPS) is 15.4. The smallest absolute Gasteiger partial charge is 0.126 e. The molecule has 0 rings (SSSR count). The Morgan fingerprint density at radius 3 is 1.78 bits per heavy atom. The quantitative estimate of drug-likeness (QED) is 0.611. The van der Waals surface area contributed by atoms with Crippen LogP contribution in [-0.2, 0) is 4.74 Å². The molecule has 0 aromatic carbocycles.